The van der Waals surface area contributed by atoms with Crippen molar-refractivity contribution in [3.63, 3.8) is 0 Å². The minimum Gasteiger partial charge on any atom is -0.364 e. The van der Waals surface area contributed by atoms with E-state index in [1.807, 2.05) is 17.9 Å². The van der Waals surface area contributed by atoms with Crippen LogP contribution in [0.3, 0.4) is 0 Å². The maximum absolute atomic E-state index is 14.2. The number of carbonyl (C=O) groups is 1. The summed E-state index contributed by atoms with van der Waals surface area (Å²) in [4.78, 5) is 14.2. The van der Waals surface area contributed by atoms with Crippen LogP contribution in [0, 0.1) is 30.9 Å². The zero-order chi connectivity index (χ0) is 22.6. The van der Waals surface area contributed by atoms with Crippen LogP contribution in [-0.2, 0) is 17.8 Å². The molecule has 31 heavy (non-hydrogen) atoms. The molecule has 0 bridgehead atoms. The lowest BCUT2D eigenvalue weighted by Crippen LogP contribution is -2.32. The molecule has 8 heteroatoms. The van der Waals surface area contributed by atoms with Crippen LogP contribution >= 0.6 is 0 Å². The Labute approximate surface area is 177 Å². The van der Waals surface area contributed by atoms with Crippen LogP contribution in [0.5, 0.6) is 0 Å². The third-order valence-corrected chi connectivity index (χ3v) is 6.46. The Morgan fingerprint density at radius 1 is 1.16 bits per heavy atom. The van der Waals surface area contributed by atoms with Crippen LogP contribution in [0.25, 0.3) is 0 Å². The fourth-order valence-corrected chi connectivity index (χ4v) is 4.47. The Morgan fingerprint density at radius 3 is 2.48 bits per heavy atom. The Morgan fingerprint density at radius 2 is 1.87 bits per heavy atom. The van der Waals surface area contributed by atoms with E-state index in [4.69, 9.17) is 0 Å². The molecule has 0 saturated heterocycles. The van der Waals surface area contributed by atoms with Gasteiger partial charge in [0.1, 0.15) is 11.6 Å². The Bertz CT molecular complexity index is 1040. The standard InChI is InChI=1S/C23H23F5N2O/c1-13-9-15-12-30(19-4-3-16(24)10-18(19)25)8-5-17(15)14(2)21(13)29-20(31)11-22(6-7-22)23(26,27)28/h3-4,9-10H,5-8,11-12H2,1-2H3,(H,29,31). The summed E-state index contributed by atoms with van der Waals surface area (Å²) in [6.07, 6.45) is -4.38. The molecular weight excluding hydrogens is 415 g/mol. The topological polar surface area (TPSA) is 32.3 Å². The van der Waals surface area contributed by atoms with Crippen molar-refractivity contribution in [1.29, 1.82) is 0 Å². The van der Waals surface area contributed by atoms with Gasteiger partial charge in [-0.15, -0.1) is 0 Å². The Hall–Kier alpha value is -2.64. The molecule has 2 aromatic carbocycles. The summed E-state index contributed by atoms with van der Waals surface area (Å²) in [7, 11) is 0. The molecule has 4 rings (SSSR count). The van der Waals surface area contributed by atoms with E-state index in [1.165, 1.54) is 12.1 Å². The number of amides is 1. The molecule has 166 valence electrons. The van der Waals surface area contributed by atoms with Gasteiger partial charge in [0.25, 0.3) is 0 Å². The van der Waals surface area contributed by atoms with Crippen molar-refractivity contribution in [1.82, 2.24) is 0 Å². The zero-order valence-corrected chi connectivity index (χ0v) is 17.3. The highest BCUT2D eigenvalue weighted by Gasteiger charge is 2.63. The number of rotatable bonds is 4. The monoisotopic (exact) mass is 438 g/mol. The molecule has 3 nitrogen and oxygen atoms in total. The van der Waals surface area contributed by atoms with E-state index in [0.29, 0.717) is 30.9 Å². The van der Waals surface area contributed by atoms with Crippen LogP contribution in [0.4, 0.5) is 33.3 Å². The van der Waals surface area contributed by atoms with Crippen molar-refractivity contribution in [2.24, 2.45) is 5.41 Å². The van der Waals surface area contributed by atoms with Gasteiger partial charge in [-0.2, -0.15) is 13.2 Å². The number of benzene rings is 2. The lowest BCUT2D eigenvalue weighted by atomic mass is 9.90. The first-order valence-electron chi connectivity index (χ1n) is 10.2. The minimum absolute atomic E-state index is 0.0121. The van der Waals surface area contributed by atoms with Crippen LogP contribution in [-0.4, -0.2) is 18.6 Å². The Balaban J connectivity index is 1.54. The van der Waals surface area contributed by atoms with E-state index in [-0.39, 0.29) is 12.8 Å². The van der Waals surface area contributed by atoms with Gasteiger partial charge in [0, 0.05) is 31.3 Å². The highest BCUT2D eigenvalue weighted by atomic mass is 19.4. The molecule has 0 spiro atoms. The predicted octanol–water partition coefficient (Wildman–Crippen LogP) is 5.82. The number of hydrogen-bond donors (Lipinski definition) is 1. The number of anilines is 2. The normalized spacial score (nSPS) is 17.3. The van der Waals surface area contributed by atoms with Gasteiger partial charge >= 0.3 is 6.18 Å². The average Bonchev–Trinajstić information content (AvgIpc) is 3.45. The van der Waals surface area contributed by atoms with E-state index in [1.54, 1.807) is 6.92 Å². The largest absolute Gasteiger partial charge is 0.395 e. The number of hydrogen-bond acceptors (Lipinski definition) is 2. The molecule has 1 aliphatic heterocycles. The highest BCUT2D eigenvalue weighted by Crippen LogP contribution is 2.60. The second-order valence-corrected chi connectivity index (χ2v) is 8.60. The van der Waals surface area contributed by atoms with E-state index in [9.17, 15) is 26.7 Å². The van der Waals surface area contributed by atoms with Crippen LogP contribution in [0.15, 0.2) is 24.3 Å². The van der Waals surface area contributed by atoms with Gasteiger partial charge in [-0.05, 0) is 67.5 Å². The van der Waals surface area contributed by atoms with Crippen molar-refractivity contribution < 1.29 is 26.7 Å². The van der Waals surface area contributed by atoms with Gasteiger partial charge in [0.05, 0.1) is 11.1 Å². The van der Waals surface area contributed by atoms with Crippen molar-refractivity contribution in [3.8, 4) is 0 Å². The number of carbonyl (C=O) groups excluding carboxylic acids is 1. The summed E-state index contributed by atoms with van der Waals surface area (Å²) < 4.78 is 66.9. The smallest absolute Gasteiger partial charge is 0.364 e. The number of fused-ring (bicyclic) bond motifs is 1. The van der Waals surface area contributed by atoms with Crippen LogP contribution < -0.4 is 10.2 Å². The second-order valence-electron chi connectivity index (χ2n) is 8.60. The molecule has 2 aliphatic rings. The molecule has 1 aliphatic carbocycles. The van der Waals surface area contributed by atoms with Crippen molar-refractivity contribution in [3.05, 3.63) is 58.2 Å². The summed E-state index contributed by atoms with van der Waals surface area (Å²) in [5, 5.41) is 2.70. The first-order chi connectivity index (χ1) is 14.5. The summed E-state index contributed by atoms with van der Waals surface area (Å²) in [5.74, 6) is -1.89. The zero-order valence-electron chi connectivity index (χ0n) is 17.3. The Kier molecular flexibility index (Phi) is 5.22. The first kappa shape index (κ1) is 21.6. The van der Waals surface area contributed by atoms with Crippen LogP contribution in [0.2, 0.25) is 0 Å². The molecule has 0 aromatic heterocycles. The molecular formula is C23H23F5N2O. The number of aryl methyl sites for hydroxylation is 1. The van der Waals surface area contributed by atoms with Gasteiger partial charge in [0.2, 0.25) is 5.91 Å². The van der Waals surface area contributed by atoms with Gasteiger partial charge < -0.3 is 10.2 Å². The lowest BCUT2D eigenvalue weighted by molar-refractivity contribution is -0.189. The van der Waals surface area contributed by atoms with Crippen molar-refractivity contribution in [2.75, 3.05) is 16.8 Å². The molecule has 2 aromatic rings. The molecule has 1 heterocycles. The van der Waals surface area contributed by atoms with Crippen molar-refractivity contribution in [2.45, 2.75) is 52.3 Å². The molecule has 0 atom stereocenters. The fraction of sp³-hybridized carbons (Fsp3) is 0.435. The summed E-state index contributed by atoms with van der Waals surface area (Å²) in [5.41, 5.74) is 2.49. The number of halogens is 5. The van der Waals surface area contributed by atoms with E-state index in [2.05, 4.69) is 5.32 Å². The SMILES string of the molecule is Cc1cc2c(c(C)c1NC(=O)CC1(C(F)(F)F)CC1)CCN(c1ccc(F)cc1F)C2. The maximum Gasteiger partial charge on any atom is 0.395 e. The molecule has 1 amide bonds. The fourth-order valence-electron chi connectivity index (χ4n) is 4.47. The second kappa shape index (κ2) is 7.50. The molecule has 0 unspecified atom stereocenters. The molecule has 1 N–H and O–H groups in total. The number of alkyl halides is 3. The van der Waals surface area contributed by atoms with E-state index in [0.717, 1.165) is 28.3 Å². The van der Waals surface area contributed by atoms with Crippen molar-refractivity contribution >= 4 is 17.3 Å². The van der Waals surface area contributed by atoms with Gasteiger partial charge in [-0.1, -0.05) is 6.07 Å². The number of nitrogens with one attached hydrogen (secondary N) is 1. The maximum atomic E-state index is 14.2. The third kappa shape index (κ3) is 4.00. The predicted molar refractivity (Wildman–Crippen MR) is 108 cm³/mol. The van der Waals surface area contributed by atoms with Gasteiger partial charge in [-0.3, -0.25) is 4.79 Å². The molecule has 0 radical (unpaired) electrons. The minimum atomic E-state index is -4.37. The first-order valence-corrected chi connectivity index (χ1v) is 10.2. The summed E-state index contributed by atoms with van der Waals surface area (Å²) in [6.45, 7) is 4.55. The molecule has 1 fully saturated rings. The van der Waals surface area contributed by atoms with E-state index >= 15 is 0 Å². The number of nitrogens with zero attached hydrogens (tertiary/aromatic N) is 1. The lowest BCUT2D eigenvalue weighted by Gasteiger charge is -2.33. The summed E-state index contributed by atoms with van der Waals surface area (Å²) >= 11 is 0. The summed E-state index contributed by atoms with van der Waals surface area (Å²) in [6, 6.07) is 5.37. The van der Waals surface area contributed by atoms with Crippen LogP contribution in [0.1, 0.15) is 41.5 Å². The van der Waals surface area contributed by atoms with Gasteiger partial charge in [0.15, 0.2) is 0 Å². The van der Waals surface area contributed by atoms with E-state index < -0.39 is 35.6 Å². The highest BCUT2D eigenvalue weighted by molar-refractivity contribution is 5.93. The quantitative estimate of drug-likeness (QED) is 0.611. The molecule has 1 saturated carbocycles. The van der Waals surface area contributed by atoms with Gasteiger partial charge in [-0.25, -0.2) is 8.78 Å². The average molecular weight is 438 g/mol. The third-order valence-electron chi connectivity index (χ3n) is 6.46.